The third kappa shape index (κ3) is 3.06. The Morgan fingerprint density at radius 3 is 2.00 bits per heavy atom. The van der Waals surface area contributed by atoms with Crippen molar-refractivity contribution < 1.29 is 10.0 Å². The molecule has 0 fully saturated rings. The van der Waals surface area contributed by atoms with Crippen molar-refractivity contribution >= 4 is 12.6 Å². The van der Waals surface area contributed by atoms with Crippen LogP contribution in [0.5, 0.6) is 0 Å². The summed E-state index contributed by atoms with van der Waals surface area (Å²) in [5.41, 5.74) is 3.63. The summed E-state index contributed by atoms with van der Waals surface area (Å²) < 4.78 is 0. The average Bonchev–Trinajstić information content (AvgIpc) is 2.38. The quantitative estimate of drug-likeness (QED) is 0.807. The number of hydrogen-bond acceptors (Lipinski definition) is 2. The van der Waals surface area contributed by atoms with E-state index >= 15 is 0 Å². The van der Waals surface area contributed by atoms with Gasteiger partial charge in [-0.15, -0.1) is 0 Å². The molecule has 2 N–H and O–H groups in total. The van der Waals surface area contributed by atoms with Gasteiger partial charge in [0.25, 0.3) is 0 Å². The van der Waals surface area contributed by atoms with Crippen LogP contribution in [0.1, 0.15) is 26.3 Å². The van der Waals surface area contributed by atoms with Gasteiger partial charge >= 0.3 is 7.12 Å². The average molecular weight is 254 g/mol. The maximum atomic E-state index is 9.48. The van der Waals surface area contributed by atoms with Crippen LogP contribution in [0.25, 0.3) is 11.1 Å². The predicted molar refractivity (Wildman–Crippen MR) is 80.4 cm³/mol. The minimum absolute atomic E-state index is 0.135. The van der Waals surface area contributed by atoms with E-state index in [0.717, 1.165) is 16.7 Å². The molecule has 0 spiro atoms. The maximum absolute atomic E-state index is 9.48. The van der Waals surface area contributed by atoms with Crippen molar-refractivity contribution in [1.29, 1.82) is 0 Å². The van der Waals surface area contributed by atoms with Crippen LogP contribution in [0, 0.1) is 0 Å². The highest BCUT2D eigenvalue weighted by Gasteiger charge is 2.24. The molecule has 0 radical (unpaired) electrons. The monoisotopic (exact) mass is 254 g/mol. The predicted octanol–water partition coefficient (Wildman–Crippen LogP) is 2.33. The van der Waals surface area contributed by atoms with E-state index in [9.17, 15) is 10.0 Å². The Labute approximate surface area is 114 Å². The van der Waals surface area contributed by atoms with Gasteiger partial charge in [-0.25, -0.2) is 0 Å². The lowest BCUT2D eigenvalue weighted by Gasteiger charge is -2.24. The van der Waals surface area contributed by atoms with Crippen LogP contribution in [-0.4, -0.2) is 17.2 Å². The fraction of sp³-hybridized carbons (Fsp3) is 0.250. The molecule has 3 heteroatoms. The van der Waals surface area contributed by atoms with E-state index in [-0.39, 0.29) is 5.41 Å². The van der Waals surface area contributed by atoms with Crippen molar-refractivity contribution in [3.05, 3.63) is 54.1 Å². The summed E-state index contributed by atoms with van der Waals surface area (Å²) in [4.78, 5) is 0. The van der Waals surface area contributed by atoms with Crippen LogP contribution in [0.4, 0.5) is 0 Å². The molecule has 0 amide bonds. The SMILES string of the molecule is CC(C)(C)c1cc(-c2ccccc2)ccc1B(O)O. The Kier molecular flexibility index (Phi) is 3.79. The van der Waals surface area contributed by atoms with Gasteiger partial charge < -0.3 is 10.0 Å². The Morgan fingerprint density at radius 1 is 0.842 bits per heavy atom. The highest BCUT2D eigenvalue weighted by atomic mass is 16.4. The zero-order valence-corrected chi connectivity index (χ0v) is 11.6. The largest absolute Gasteiger partial charge is 0.488 e. The second kappa shape index (κ2) is 5.20. The van der Waals surface area contributed by atoms with E-state index < -0.39 is 7.12 Å². The van der Waals surface area contributed by atoms with E-state index in [1.807, 2.05) is 30.3 Å². The van der Waals surface area contributed by atoms with Gasteiger partial charge in [0.15, 0.2) is 0 Å². The van der Waals surface area contributed by atoms with Crippen LogP contribution >= 0.6 is 0 Å². The zero-order chi connectivity index (χ0) is 14.0. The molecule has 0 aliphatic heterocycles. The molecule has 0 aromatic heterocycles. The van der Waals surface area contributed by atoms with Crippen molar-refractivity contribution in [3.63, 3.8) is 0 Å². The number of hydrogen-bond donors (Lipinski definition) is 2. The van der Waals surface area contributed by atoms with Crippen molar-refractivity contribution in [1.82, 2.24) is 0 Å². The Hall–Kier alpha value is -1.58. The second-order valence-electron chi connectivity index (χ2n) is 5.79. The fourth-order valence-electron chi connectivity index (χ4n) is 2.24. The van der Waals surface area contributed by atoms with E-state index in [4.69, 9.17) is 0 Å². The molecule has 0 saturated heterocycles. The topological polar surface area (TPSA) is 40.5 Å². The third-order valence-corrected chi connectivity index (χ3v) is 3.25. The van der Waals surface area contributed by atoms with E-state index in [1.165, 1.54) is 0 Å². The molecule has 0 bridgehead atoms. The Morgan fingerprint density at radius 2 is 1.47 bits per heavy atom. The molecule has 0 saturated carbocycles. The molecular weight excluding hydrogens is 235 g/mol. The van der Waals surface area contributed by atoms with Crippen molar-refractivity contribution in [2.24, 2.45) is 0 Å². The second-order valence-corrected chi connectivity index (χ2v) is 5.79. The van der Waals surface area contributed by atoms with Gasteiger partial charge in [0, 0.05) is 0 Å². The maximum Gasteiger partial charge on any atom is 0.488 e. The molecule has 0 unspecified atom stereocenters. The van der Waals surface area contributed by atoms with Crippen LogP contribution < -0.4 is 5.46 Å². The van der Waals surface area contributed by atoms with Gasteiger partial charge in [-0.3, -0.25) is 0 Å². The number of benzene rings is 2. The van der Waals surface area contributed by atoms with Gasteiger partial charge in [-0.1, -0.05) is 69.3 Å². The minimum atomic E-state index is -1.43. The summed E-state index contributed by atoms with van der Waals surface area (Å²) >= 11 is 0. The first-order chi connectivity index (χ1) is 8.89. The van der Waals surface area contributed by atoms with Crippen LogP contribution in [0.3, 0.4) is 0 Å². The lowest BCUT2D eigenvalue weighted by Crippen LogP contribution is -2.37. The van der Waals surface area contributed by atoms with Crippen LogP contribution in [0.15, 0.2) is 48.5 Å². The molecule has 2 aromatic carbocycles. The van der Waals surface area contributed by atoms with Gasteiger partial charge in [0.2, 0.25) is 0 Å². The van der Waals surface area contributed by atoms with E-state index in [0.29, 0.717) is 5.46 Å². The Bertz CT molecular complexity index is 557. The van der Waals surface area contributed by atoms with E-state index in [2.05, 4.69) is 32.9 Å². The molecule has 2 aromatic rings. The third-order valence-electron chi connectivity index (χ3n) is 3.25. The van der Waals surface area contributed by atoms with Crippen LogP contribution in [0.2, 0.25) is 0 Å². The van der Waals surface area contributed by atoms with Gasteiger partial charge in [-0.2, -0.15) is 0 Å². The molecule has 2 nitrogen and oxygen atoms in total. The summed E-state index contributed by atoms with van der Waals surface area (Å²) in [5, 5.41) is 19.0. The molecule has 0 atom stereocenters. The van der Waals surface area contributed by atoms with E-state index in [1.54, 1.807) is 6.07 Å². The first-order valence-corrected chi connectivity index (χ1v) is 6.45. The smallest absolute Gasteiger partial charge is 0.423 e. The van der Waals surface area contributed by atoms with Crippen molar-refractivity contribution in [2.75, 3.05) is 0 Å². The first kappa shape index (κ1) is 13.8. The highest BCUT2D eigenvalue weighted by Crippen LogP contribution is 2.26. The molecule has 0 aliphatic carbocycles. The summed E-state index contributed by atoms with van der Waals surface area (Å²) in [6, 6.07) is 15.9. The number of rotatable bonds is 2. The van der Waals surface area contributed by atoms with Crippen molar-refractivity contribution in [2.45, 2.75) is 26.2 Å². The molecule has 2 rings (SSSR count). The first-order valence-electron chi connectivity index (χ1n) is 6.45. The lowest BCUT2D eigenvalue weighted by atomic mass is 9.69. The summed E-state index contributed by atoms with van der Waals surface area (Å²) in [6.07, 6.45) is 0. The zero-order valence-electron chi connectivity index (χ0n) is 11.6. The highest BCUT2D eigenvalue weighted by molar-refractivity contribution is 6.59. The molecule has 0 aliphatic rings. The summed E-state index contributed by atoms with van der Waals surface area (Å²) in [5.74, 6) is 0. The fourth-order valence-corrected chi connectivity index (χ4v) is 2.24. The van der Waals surface area contributed by atoms with Gasteiger partial charge in [0.05, 0.1) is 0 Å². The Balaban J connectivity index is 2.57. The standard InChI is InChI=1S/C16H19BO2/c1-16(2,3)14-11-13(9-10-15(14)17(18)19)12-7-5-4-6-8-12/h4-11,18-19H,1-3H3. The molecule has 0 heterocycles. The van der Waals surface area contributed by atoms with Crippen LogP contribution in [-0.2, 0) is 5.41 Å². The van der Waals surface area contributed by atoms with Crippen molar-refractivity contribution in [3.8, 4) is 11.1 Å². The molecule has 98 valence electrons. The van der Waals surface area contributed by atoms with Gasteiger partial charge in [0.1, 0.15) is 0 Å². The molecular formula is C16H19BO2. The molecule has 19 heavy (non-hydrogen) atoms. The summed E-state index contributed by atoms with van der Waals surface area (Å²) in [6.45, 7) is 6.22. The minimum Gasteiger partial charge on any atom is -0.423 e. The normalized spacial score (nSPS) is 11.4. The summed E-state index contributed by atoms with van der Waals surface area (Å²) in [7, 11) is -1.43. The lowest BCUT2D eigenvalue weighted by molar-refractivity contribution is 0.424. The van der Waals surface area contributed by atoms with Gasteiger partial charge in [-0.05, 0) is 27.6 Å².